The lowest BCUT2D eigenvalue weighted by Crippen LogP contribution is -2.08. The Morgan fingerprint density at radius 2 is 1.68 bits per heavy atom. The highest BCUT2D eigenvalue weighted by atomic mass is 32.2. The summed E-state index contributed by atoms with van der Waals surface area (Å²) in [6, 6.07) is 15.8. The largest absolute Gasteiger partial charge is 0.323 e. The van der Waals surface area contributed by atoms with Gasteiger partial charge in [0, 0.05) is 29.3 Å². The first-order valence-electron chi connectivity index (χ1n) is 8.66. The Morgan fingerprint density at radius 3 is 2.29 bits per heavy atom. The van der Waals surface area contributed by atoms with E-state index in [1.54, 1.807) is 18.2 Å². The van der Waals surface area contributed by atoms with Crippen molar-refractivity contribution in [1.82, 2.24) is 9.78 Å². The van der Waals surface area contributed by atoms with Crippen LogP contribution < -0.4 is 5.32 Å². The van der Waals surface area contributed by atoms with E-state index < -0.39 is 9.84 Å². The summed E-state index contributed by atoms with van der Waals surface area (Å²) in [5.41, 5.74) is 4.12. The number of nitrogens with zero attached hydrogens (tertiary/aromatic N) is 2. The van der Waals surface area contributed by atoms with Crippen LogP contribution in [0.5, 0.6) is 0 Å². The Hall–Kier alpha value is -3.19. The molecule has 0 radical (unpaired) electrons. The van der Waals surface area contributed by atoms with Crippen LogP contribution in [0.3, 0.4) is 0 Å². The molecule has 0 bridgehead atoms. The van der Waals surface area contributed by atoms with E-state index in [2.05, 4.69) is 10.4 Å². The maximum atomic E-state index is 12.2. The third-order valence-corrected chi connectivity index (χ3v) is 5.43. The maximum Gasteiger partial charge on any atom is 0.248 e. The zero-order chi connectivity index (χ0) is 20.3. The van der Waals surface area contributed by atoms with Crippen molar-refractivity contribution in [3.63, 3.8) is 0 Å². The van der Waals surface area contributed by atoms with Crippen LogP contribution in [0.15, 0.2) is 65.6 Å². The van der Waals surface area contributed by atoms with Crippen LogP contribution in [0.4, 0.5) is 5.69 Å². The number of hydrogen-bond donors (Lipinski definition) is 1. The Bertz CT molecular complexity index is 1130. The number of aromatic nitrogens is 2. The number of benzene rings is 2. The van der Waals surface area contributed by atoms with E-state index in [1.165, 1.54) is 18.2 Å². The molecule has 28 heavy (non-hydrogen) atoms. The second kappa shape index (κ2) is 7.82. The van der Waals surface area contributed by atoms with Gasteiger partial charge < -0.3 is 5.32 Å². The molecular weight excluding hydrogens is 374 g/mol. The second-order valence-corrected chi connectivity index (χ2v) is 8.47. The summed E-state index contributed by atoms with van der Waals surface area (Å²) in [7, 11) is -3.26. The Labute approximate surface area is 164 Å². The minimum absolute atomic E-state index is 0.209. The molecule has 7 heteroatoms. The molecule has 0 saturated heterocycles. The number of amides is 1. The van der Waals surface area contributed by atoms with Crippen molar-refractivity contribution in [3.8, 4) is 5.69 Å². The Morgan fingerprint density at radius 1 is 1.04 bits per heavy atom. The van der Waals surface area contributed by atoms with Crippen LogP contribution in [0.1, 0.15) is 17.0 Å². The van der Waals surface area contributed by atoms with E-state index in [1.807, 2.05) is 48.9 Å². The molecule has 0 aliphatic rings. The molecule has 1 amide bonds. The van der Waals surface area contributed by atoms with Crippen molar-refractivity contribution >= 4 is 27.5 Å². The van der Waals surface area contributed by atoms with Gasteiger partial charge in [-0.3, -0.25) is 4.79 Å². The Balaban J connectivity index is 1.75. The highest BCUT2D eigenvalue weighted by Gasteiger charge is 2.11. The normalized spacial score (nSPS) is 11.7. The van der Waals surface area contributed by atoms with Crippen molar-refractivity contribution in [2.45, 2.75) is 18.7 Å². The number of hydrogen-bond acceptors (Lipinski definition) is 4. The van der Waals surface area contributed by atoms with E-state index >= 15 is 0 Å². The van der Waals surface area contributed by atoms with E-state index in [4.69, 9.17) is 0 Å². The molecule has 0 saturated carbocycles. The van der Waals surface area contributed by atoms with E-state index in [0.717, 1.165) is 28.9 Å². The van der Waals surface area contributed by atoms with Gasteiger partial charge in [-0.25, -0.2) is 13.1 Å². The molecule has 0 fully saturated rings. The number of sulfone groups is 1. The first kappa shape index (κ1) is 19.6. The fraction of sp³-hybridized carbons (Fsp3) is 0.143. The summed E-state index contributed by atoms with van der Waals surface area (Å²) in [6.07, 6.45) is 4.32. The van der Waals surface area contributed by atoms with Crippen molar-refractivity contribution in [1.29, 1.82) is 0 Å². The number of carbonyl (C=O) groups is 1. The average Bonchev–Trinajstić information content (AvgIpc) is 2.94. The lowest BCUT2D eigenvalue weighted by Gasteiger charge is -2.04. The van der Waals surface area contributed by atoms with Crippen molar-refractivity contribution in [2.75, 3.05) is 11.6 Å². The van der Waals surface area contributed by atoms with Crippen LogP contribution >= 0.6 is 0 Å². The molecule has 0 unspecified atom stereocenters. The number of nitrogens with one attached hydrogen (secondary N) is 1. The highest BCUT2D eigenvalue weighted by molar-refractivity contribution is 7.90. The molecule has 144 valence electrons. The molecule has 6 nitrogen and oxygen atoms in total. The summed E-state index contributed by atoms with van der Waals surface area (Å²) in [5.74, 6) is -0.307. The first-order chi connectivity index (χ1) is 13.3. The molecule has 3 aromatic rings. The lowest BCUT2D eigenvalue weighted by molar-refractivity contribution is -0.111. The quantitative estimate of drug-likeness (QED) is 0.670. The predicted molar refractivity (Wildman–Crippen MR) is 110 cm³/mol. The maximum absolute atomic E-state index is 12.2. The summed E-state index contributed by atoms with van der Waals surface area (Å²) in [6.45, 7) is 3.85. The molecule has 0 spiro atoms. The molecular formula is C21H21N3O3S. The third-order valence-electron chi connectivity index (χ3n) is 4.30. The standard InChI is InChI=1S/C21H21N3O3S/c1-15-20(16(2)24(23-15)18-7-5-4-6-8-18)13-14-21(25)22-17-9-11-19(12-10-17)28(3,26)27/h4-14H,1-3H3,(H,22,25)/b14-13+. The van der Waals surface area contributed by atoms with Crippen LogP contribution in [0.25, 0.3) is 11.8 Å². The monoisotopic (exact) mass is 395 g/mol. The minimum Gasteiger partial charge on any atom is -0.323 e. The topological polar surface area (TPSA) is 81.1 Å². The fourth-order valence-corrected chi connectivity index (χ4v) is 3.48. The van der Waals surface area contributed by atoms with Crippen molar-refractivity contribution in [3.05, 3.63) is 77.6 Å². The van der Waals surface area contributed by atoms with Gasteiger partial charge in [-0.05, 0) is 56.3 Å². The number of carbonyl (C=O) groups excluding carboxylic acids is 1. The second-order valence-electron chi connectivity index (χ2n) is 6.45. The first-order valence-corrected chi connectivity index (χ1v) is 10.6. The van der Waals surface area contributed by atoms with Crippen LogP contribution in [0, 0.1) is 13.8 Å². The van der Waals surface area contributed by atoms with E-state index in [0.29, 0.717) is 5.69 Å². The van der Waals surface area contributed by atoms with Gasteiger partial charge in [-0.2, -0.15) is 5.10 Å². The molecule has 0 aliphatic carbocycles. The van der Waals surface area contributed by atoms with Crippen molar-refractivity contribution in [2.24, 2.45) is 0 Å². The van der Waals surface area contributed by atoms with Gasteiger partial charge in [-0.1, -0.05) is 18.2 Å². The van der Waals surface area contributed by atoms with Gasteiger partial charge in [0.1, 0.15) is 0 Å². The average molecular weight is 395 g/mol. The highest BCUT2D eigenvalue weighted by Crippen LogP contribution is 2.19. The third kappa shape index (κ3) is 4.37. The smallest absolute Gasteiger partial charge is 0.248 e. The summed E-state index contributed by atoms with van der Waals surface area (Å²) in [4.78, 5) is 12.4. The van der Waals surface area contributed by atoms with Crippen molar-refractivity contribution < 1.29 is 13.2 Å². The molecule has 1 heterocycles. The zero-order valence-corrected chi connectivity index (χ0v) is 16.7. The number of rotatable bonds is 5. The zero-order valence-electron chi connectivity index (χ0n) is 15.9. The van der Waals surface area contributed by atoms with Gasteiger partial charge in [0.2, 0.25) is 5.91 Å². The van der Waals surface area contributed by atoms with Gasteiger partial charge in [0.25, 0.3) is 0 Å². The number of para-hydroxylation sites is 1. The number of anilines is 1. The minimum atomic E-state index is -3.26. The predicted octanol–water partition coefficient (Wildman–Crippen LogP) is 3.54. The summed E-state index contributed by atoms with van der Waals surface area (Å²) in [5, 5.41) is 7.27. The Kier molecular flexibility index (Phi) is 5.46. The lowest BCUT2D eigenvalue weighted by atomic mass is 10.2. The van der Waals surface area contributed by atoms with E-state index in [-0.39, 0.29) is 10.8 Å². The summed E-state index contributed by atoms with van der Waals surface area (Å²) < 4.78 is 24.8. The van der Waals surface area contributed by atoms with Crippen LogP contribution in [-0.4, -0.2) is 30.4 Å². The van der Waals surface area contributed by atoms with Gasteiger partial charge in [-0.15, -0.1) is 0 Å². The number of aryl methyl sites for hydroxylation is 1. The SMILES string of the molecule is Cc1nn(-c2ccccc2)c(C)c1/C=C/C(=O)Nc1ccc(S(C)(=O)=O)cc1. The molecule has 1 N–H and O–H groups in total. The van der Waals surface area contributed by atoms with E-state index in [9.17, 15) is 13.2 Å². The van der Waals surface area contributed by atoms with Crippen LogP contribution in [-0.2, 0) is 14.6 Å². The van der Waals surface area contributed by atoms with Crippen LogP contribution in [0.2, 0.25) is 0 Å². The molecule has 3 rings (SSSR count). The van der Waals surface area contributed by atoms with Gasteiger partial charge in [0.15, 0.2) is 9.84 Å². The molecule has 1 aromatic heterocycles. The fourth-order valence-electron chi connectivity index (χ4n) is 2.84. The summed E-state index contributed by atoms with van der Waals surface area (Å²) >= 11 is 0. The van der Waals surface area contributed by atoms with Gasteiger partial charge in [0.05, 0.1) is 16.3 Å². The molecule has 0 atom stereocenters. The molecule has 2 aromatic carbocycles. The molecule has 0 aliphatic heterocycles. The van der Waals surface area contributed by atoms with Gasteiger partial charge >= 0.3 is 0 Å².